The van der Waals surface area contributed by atoms with Crippen molar-refractivity contribution in [3.8, 4) is 0 Å². The van der Waals surface area contributed by atoms with Crippen LogP contribution in [0.2, 0.25) is 5.02 Å². The Balaban J connectivity index is 1.54. The molecule has 0 fully saturated rings. The number of benzene rings is 1. The zero-order valence-corrected chi connectivity index (χ0v) is 15.6. The van der Waals surface area contributed by atoms with Gasteiger partial charge < -0.3 is 10.6 Å². The van der Waals surface area contributed by atoms with Gasteiger partial charge in [-0.1, -0.05) is 35.9 Å². The zero-order valence-electron chi connectivity index (χ0n) is 14.8. The first-order valence-corrected chi connectivity index (χ1v) is 9.20. The molecule has 1 aromatic carbocycles. The van der Waals surface area contributed by atoms with Crippen LogP contribution in [0, 0.1) is 0 Å². The number of guanidine groups is 1. The maximum atomic E-state index is 6.20. The van der Waals surface area contributed by atoms with Gasteiger partial charge in [0, 0.05) is 37.3 Å². The van der Waals surface area contributed by atoms with E-state index in [9.17, 15) is 0 Å². The number of hydrogen-bond donors (Lipinski definition) is 2. The van der Waals surface area contributed by atoms with Crippen molar-refractivity contribution in [2.24, 2.45) is 4.99 Å². The predicted octanol–water partition coefficient (Wildman–Crippen LogP) is 2.72. The first-order valence-electron chi connectivity index (χ1n) is 8.82. The fraction of sp³-hybridized carbons (Fsp3) is 0.316. The number of fused-ring (bicyclic) bond motifs is 1. The second kappa shape index (κ2) is 9.20. The van der Waals surface area contributed by atoms with Crippen molar-refractivity contribution in [3.05, 3.63) is 65.1 Å². The summed E-state index contributed by atoms with van der Waals surface area (Å²) in [5.74, 6) is 1.71. The Morgan fingerprint density at radius 3 is 2.77 bits per heavy atom. The molecule has 0 saturated carbocycles. The Morgan fingerprint density at radius 2 is 1.92 bits per heavy atom. The summed E-state index contributed by atoms with van der Waals surface area (Å²) in [6.45, 7) is 4.27. The van der Waals surface area contributed by atoms with Crippen molar-refractivity contribution in [2.75, 3.05) is 19.6 Å². The van der Waals surface area contributed by atoms with Crippen molar-refractivity contribution < 1.29 is 0 Å². The molecule has 0 aliphatic rings. The van der Waals surface area contributed by atoms with Crippen LogP contribution < -0.4 is 10.6 Å². The summed E-state index contributed by atoms with van der Waals surface area (Å²) in [6.07, 6.45) is 3.55. The monoisotopic (exact) mass is 370 g/mol. The van der Waals surface area contributed by atoms with Gasteiger partial charge in [-0.2, -0.15) is 0 Å². The highest BCUT2D eigenvalue weighted by Crippen LogP contribution is 2.14. The van der Waals surface area contributed by atoms with E-state index in [1.165, 1.54) is 0 Å². The van der Waals surface area contributed by atoms with Gasteiger partial charge in [0.05, 0.1) is 0 Å². The summed E-state index contributed by atoms with van der Waals surface area (Å²) < 4.78 is 1.99. The molecule has 136 valence electrons. The van der Waals surface area contributed by atoms with Gasteiger partial charge in [0.1, 0.15) is 5.82 Å². The molecule has 0 saturated heterocycles. The predicted molar refractivity (Wildman–Crippen MR) is 106 cm³/mol. The number of rotatable bonds is 7. The summed E-state index contributed by atoms with van der Waals surface area (Å²) in [5, 5.41) is 15.8. The summed E-state index contributed by atoms with van der Waals surface area (Å²) in [4.78, 5) is 4.63. The minimum absolute atomic E-state index is 0.636. The van der Waals surface area contributed by atoms with Crippen LogP contribution in [0.15, 0.2) is 53.7 Å². The smallest absolute Gasteiger partial charge is 0.191 e. The average Bonchev–Trinajstić information content (AvgIpc) is 3.07. The lowest BCUT2D eigenvalue weighted by atomic mass is 10.1. The van der Waals surface area contributed by atoms with Gasteiger partial charge in [-0.15, -0.1) is 10.2 Å². The fourth-order valence-electron chi connectivity index (χ4n) is 2.69. The molecule has 26 heavy (non-hydrogen) atoms. The Morgan fingerprint density at radius 1 is 1.08 bits per heavy atom. The van der Waals surface area contributed by atoms with Crippen molar-refractivity contribution in [1.82, 2.24) is 25.2 Å². The molecule has 3 rings (SSSR count). The first-order chi connectivity index (χ1) is 12.8. The van der Waals surface area contributed by atoms with E-state index < -0.39 is 0 Å². The number of hydrogen-bond acceptors (Lipinski definition) is 3. The molecule has 0 amide bonds. The fourth-order valence-corrected chi connectivity index (χ4v) is 2.92. The molecule has 0 bridgehead atoms. The highest BCUT2D eigenvalue weighted by atomic mass is 35.5. The molecule has 2 heterocycles. The van der Waals surface area contributed by atoms with Crippen LogP contribution in [-0.4, -0.2) is 40.2 Å². The van der Waals surface area contributed by atoms with Crippen LogP contribution in [0.1, 0.15) is 18.3 Å². The zero-order chi connectivity index (χ0) is 18.2. The van der Waals surface area contributed by atoms with Crippen LogP contribution in [0.3, 0.4) is 0 Å². The average molecular weight is 371 g/mol. The maximum Gasteiger partial charge on any atom is 0.191 e. The number of pyridine rings is 1. The SMILES string of the molecule is CCNC(=NCCc1nnc2ccccn12)NCCc1ccccc1Cl. The van der Waals surface area contributed by atoms with Gasteiger partial charge in [-0.3, -0.25) is 9.39 Å². The number of halogens is 1. The highest BCUT2D eigenvalue weighted by molar-refractivity contribution is 6.31. The molecule has 0 aliphatic carbocycles. The van der Waals surface area contributed by atoms with Gasteiger partial charge in [0.15, 0.2) is 11.6 Å². The molecule has 0 aliphatic heterocycles. The second-order valence-corrected chi connectivity index (χ2v) is 6.23. The lowest BCUT2D eigenvalue weighted by Crippen LogP contribution is -2.38. The van der Waals surface area contributed by atoms with Gasteiger partial charge in [-0.05, 0) is 37.1 Å². The number of aliphatic imine (C=N–C) groups is 1. The quantitative estimate of drug-likeness (QED) is 0.495. The molecule has 0 atom stereocenters. The van der Waals surface area contributed by atoms with E-state index in [1.807, 2.05) is 53.1 Å². The van der Waals surface area contributed by atoms with E-state index in [-0.39, 0.29) is 0 Å². The lowest BCUT2D eigenvalue weighted by molar-refractivity contribution is 0.785. The van der Waals surface area contributed by atoms with Crippen LogP contribution >= 0.6 is 11.6 Å². The maximum absolute atomic E-state index is 6.20. The van der Waals surface area contributed by atoms with Crippen molar-refractivity contribution >= 4 is 23.2 Å². The Labute approximate surface area is 158 Å². The van der Waals surface area contributed by atoms with Crippen LogP contribution in [-0.2, 0) is 12.8 Å². The third-order valence-corrected chi connectivity index (χ3v) is 4.35. The van der Waals surface area contributed by atoms with E-state index >= 15 is 0 Å². The molecular weight excluding hydrogens is 348 g/mol. The van der Waals surface area contributed by atoms with E-state index in [0.29, 0.717) is 6.54 Å². The van der Waals surface area contributed by atoms with E-state index in [0.717, 1.165) is 53.9 Å². The third-order valence-electron chi connectivity index (χ3n) is 3.98. The molecular formula is C19H23ClN6. The van der Waals surface area contributed by atoms with Gasteiger partial charge in [0.2, 0.25) is 0 Å². The molecule has 0 radical (unpaired) electrons. The molecule has 2 N–H and O–H groups in total. The van der Waals surface area contributed by atoms with E-state index in [4.69, 9.17) is 11.6 Å². The summed E-state index contributed by atoms with van der Waals surface area (Å²) in [6, 6.07) is 13.8. The molecule has 7 heteroatoms. The molecule has 2 aromatic heterocycles. The number of nitrogens with zero attached hydrogens (tertiary/aromatic N) is 4. The Hall–Kier alpha value is -2.60. The molecule has 0 unspecified atom stereocenters. The van der Waals surface area contributed by atoms with Gasteiger partial charge in [-0.25, -0.2) is 0 Å². The standard InChI is InChI=1S/C19H23ClN6/c1-2-21-19(22-12-10-15-7-3-4-8-16(15)20)23-13-11-18-25-24-17-9-5-6-14-26(17)18/h3-9,14H,2,10-13H2,1H3,(H2,21,22,23). The first kappa shape index (κ1) is 18.2. The van der Waals surface area contributed by atoms with Crippen molar-refractivity contribution in [1.29, 1.82) is 0 Å². The van der Waals surface area contributed by atoms with Gasteiger partial charge in [0.25, 0.3) is 0 Å². The number of nitrogens with one attached hydrogen (secondary N) is 2. The topological polar surface area (TPSA) is 66.6 Å². The van der Waals surface area contributed by atoms with Crippen LogP contribution in [0.5, 0.6) is 0 Å². The highest BCUT2D eigenvalue weighted by Gasteiger charge is 2.04. The molecule has 0 spiro atoms. The van der Waals surface area contributed by atoms with Gasteiger partial charge >= 0.3 is 0 Å². The summed E-state index contributed by atoms with van der Waals surface area (Å²) >= 11 is 6.20. The minimum Gasteiger partial charge on any atom is -0.357 e. The Bertz CT molecular complexity index is 873. The molecule has 3 aromatic rings. The third kappa shape index (κ3) is 4.73. The molecule has 6 nitrogen and oxygen atoms in total. The normalized spacial score (nSPS) is 11.7. The van der Waals surface area contributed by atoms with Crippen molar-refractivity contribution in [3.63, 3.8) is 0 Å². The van der Waals surface area contributed by atoms with E-state index in [1.54, 1.807) is 0 Å². The minimum atomic E-state index is 0.636. The van der Waals surface area contributed by atoms with Crippen molar-refractivity contribution in [2.45, 2.75) is 19.8 Å². The van der Waals surface area contributed by atoms with Crippen LogP contribution in [0.25, 0.3) is 5.65 Å². The second-order valence-electron chi connectivity index (χ2n) is 5.82. The summed E-state index contributed by atoms with van der Waals surface area (Å²) in [5.41, 5.74) is 1.99. The Kier molecular flexibility index (Phi) is 6.44. The van der Waals surface area contributed by atoms with E-state index in [2.05, 4.69) is 32.7 Å². The largest absolute Gasteiger partial charge is 0.357 e. The summed E-state index contributed by atoms with van der Waals surface area (Å²) in [7, 11) is 0. The number of aromatic nitrogens is 3. The lowest BCUT2D eigenvalue weighted by Gasteiger charge is -2.11. The van der Waals surface area contributed by atoms with Crippen LogP contribution in [0.4, 0.5) is 0 Å².